The summed E-state index contributed by atoms with van der Waals surface area (Å²) >= 11 is 0. The molecule has 1 aliphatic rings. The molecule has 0 saturated carbocycles. The molecule has 0 spiro atoms. The molecule has 0 bridgehead atoms. The van der Waals surface area contributed by atoms with Gasteiger partial charge in [-0.15, -0.1) is 0 Å². The summed E-state index contributed by atoms with van der Waals surface area (Å²) in [6, 6.07) is 3.19. The minimum absolute atomic E-state index is 0.0176. The lowest BCUT2D eigenvalue weighted by molar-refractivity contribution is -0.131. The second-order valence-corrected chi connectivity index (χ2v) is 5.36. The monoisotopic (exact) mass is 306 g/mol. The fraction of sp³-hybridized carbons (Fsp3) is 0.500. The number of aromatic amines is 1. The van der Waals surface area contributed by atoms with Crippen LogP contribution in [0.15, 0.2) is 21.5 Å². The Morgan fingerprint density at radius 3 is 3.00 bits per heavy atom. The normalized spacial score (nSPS) is 14.7. The summed E-state index contributed by atoms with van der Waals surface area (Å²) in [7, 11) is 0. The second kappa shape index (κ2) is 6.18. The van der Waals surface area contributed by atoms with E-state index >= 15 is 0 Å². The average molecular weight is 306 g/mol. The van der Waals surface area contributed by atoms with Crippen molar-refractivity contribution in [3.8, 4) is 0 Å². The Hall–Kier alpha value is -2.35. The molecule has 1 aliphatic heterocycles. The average Bonchev–Trinajstić information content (AvgIpc) is 3.05. The Labute approximate surface area is 126 Å². The van der Waals surface area contributed by atoms with Crippen molar-refractivity contribution >= 4 is 5.91 Å². The predicted octanol–water partition coefficient (Wildman–Crippen LogP) is 0.0218. The maximum absolute atomic E-state index is 12.3. The molecule has 118 valence electrons. The molecule has 3 heterocycles. The minimum Gasteiger partial charge on any atom is -0.390 e. The molecular formula is C14H18N4O4. The van der Waals surface area contributed by atoms with Gasteiger partial charge >= 0.3 is 0 Å². The van der Waals surface area contributed by atoms with Gasteiger partial charge < -0.3 is 14.5 Å². The number of aliphatic hydroxyl groups excluding tert-OH is 1. The van der Waals surface area contributed by atoms with Crippen molar-refractivity contribution in [3.05, 3.63) is 39.6 Å². The number of carbonyl (C=O) groups is 1. The molecule has 1 amide bonds. The highest BCUT2D eigenvalue weighted by molar-refractivity contribution is 5.76. The van der Waals surface area contributed by atoms with Crippen LogP contribution in [-0.2, 0) is 30.9 Å². The number of amides is 1. The highest BCUT2D eigenvalue weighted by Crippen LogP contribution is 2.15. The predicted molar refractivity (Wildman–Crippen MR) is 75.8 cm³/mol. The third-order valence-corrected chi connectivity index (χ3v) is 3.74. The van der Waals surface area contributed by atoms with Gasteiger partial charge in [0, 0.05) is 32.0 Å². The highest BCUT2D eigenvalue weighted by atomic mass is 16.5. The van der Waals surface area contributed by atoms with E-state index in [9.17, 15) is 9.59 Å². The first-order valence-electron chi connectivity index (χ1n) is 7.27. The first-order chi connectivity index (χ1) is 10.7. The maximum Gasteiger partial charge on any atom is 0.280 e. The summed E-state index contributed by atoms with van der Waals surface area (Å²) in [5.74, 6) is 0.504. The van der Waals surface area contributed by atoms with Crippen molar-refractivity contribution in [3.63, 3.8) is 0 Å². The number of aryl methyl sites for hydroxylation is 2. The number of nitrogens with zero attached hydrogens (tertiary/aromatic N) is 3. The van der Waals surface area contributed by atoms with Crippen LogP contribution in [0, 0.1) is 0 Å². The van der Waals surface area contributed by atoms with Gasteiger partial charge in [0.1, 0.15) is 5.76 Å². The topological polar surface area (TPSA) is 104 Å². The van der Waals surface area contributed by atoms with Crippen molar-refractivity contribution in [2.75, 3.05) is 6.54 Å². The smallest absolute Gasteiger partial charge is 0.280 e. The summed E-state index contributed by atoms with van der Waals surface area (Å²) in [5.41, 5.74) is 1.26. The van der Waals surface area contributed by atoms with E-state index < -0.39 is 0 Å². The van der Waals surface area contributed by atoms with E-state index in [1.54, 1.807) is 4.90 Å². The van der Waals surface area contributed by atoms with Crippen molar-refractivity contribution in [1.29, 1.82) is 0 Å². The molecule has 8 heteroatoms. The standard InChI is InChI=1S/C14H18N4O4/c19-9-10-6-11-8-17(4-1-5-18(11)15-10)14(21)3-2-12-7-13(20)16-22-12/h6-7,19H,1-5,8-9H2,(H,16,20). The Bertz CT molecular complexity index is 714. The number of carbonyl (C=O) groups excluding carboxylic acids is 1. The van der Waals surface area contributed by atoms with Gasteiger partial charge in [0.05, 0.1) is 24.5 Å². The van der Waals surface area contributed by atoms with Crippen LogP contribution in [0.2, 0.25) is 0 Å². The fourth-order valence-electron chi connectivity index (χ4n) is 2.64. The fourth-order valence-corrected chi connectivity index (χ4v) is 2.64. The van der Waals surface area contributed by atoms with Gasteiger partial charge in [-0.25, -0.2) is 0 Å². The first-order valence-corrected chi connectivity index (χ1v) is 7.27. The minimum atomic E-state index is -0.294. The van der Waals surface area contributed by atoms with Crippen molar-refractivity contribution in [2.24, 2.45) is 0 Å². The molecule has 2 aromatic heterocycles. The van der Waals surface area contributed by atoms with E-state index in [4.69, 9.17) is 9.63 Å². The van der Waals surface area contributed by atoms with Crippen molar-refractivity contribution in [2.45, 2.75) is 39.0 Å². The third kappa shape index (κ3) is 3.11. The van der Waals surface area contributed by atoms with Crippen LogP contribution in [0.1, 0.15) is 30.0 Å². The summed E-state index contributed by atoms with van der Waals surface area (Å²) < 4.78 is 6.80. The third-order valence-electron chi connectivity index (χ3n) is 3.74. The van der Waals surface area contributed by atoms with E-state index in [2.05, 4.69) is 10.3 Å². The van der Waals surface area contributed by atoms with Crippen molar-refractivity contribution in [1.82, 2.24) is 19.8 Å². The van der Waals surface area contributed by atoms with Gasteiger partial charge in [-0.3, -0.25) is 14.3 Å². The lowest BCUT2D eigenvalue weighted by Crippen LogP contribution is -2.30. The van der Waals surface area contributed by atoms with Crippen LogP contribution in [0.4, 0.5) is 0 Å². The molecule has 22 heavy (non-hydrogen) atoms. The van der Waals surface area contributed by atoms with E-state index in [0.717, 1.165) is 18.7 Å². The van der Waals surface area contributed by atoms with Crippen LogP contribution >= 0.6 is 0 Å². The first kappa shape index (κ1) is 14.6. The molecule has 0 aliphatic carbocycles. The van der Waals surface area contributed by atoms with Crippen LogP contribution in [0.5, 0.6) is 0 Å². The van der Waals surface area contributed by atoms with Gasteiger partial charge in [0.25, 0.3) is 5.56 Å². The second-order valence-electron chi connectivity index (χ2n) is 5.36. The Morgan fingerprint density at radius 2 is 2.27 bits per heavy atom. The highest BCUT2D eigenvalue weighted by Gasteiger charge is 2.20. The zero-order valence-corrected chi connectivity index (χ0v) is 12.1. The molecule has 0 fully saturated rings. The van der Waals surface area contributed by atoms with Crippen LogP contribution in [0.25, 0.3) is 0 Å². The number of H-pyrrole nitrogens is 1. The van der Waals surface area contributed by atoms with Gasteiger partial charge in [-0.2, -0.15) is 10.3 Å². The van der Waals surface area contributed by atoms with Crippen LogP contribution in [-0.4, -0.2) is 37.4 Å². The lowest BCUT2D eigenvalue weighted by atomic mass is 10.2. The van der Waals surface area contributed by atoms with E-state index in [-0.39, 0.29) is 18.1 Å². The van der Waals surface area contributed by atoms with Crippen LogP contribution < -0.4 is 5.56 Å². The molecule has 3 rings (SSSR count). The quantitative estimate of drug-likeness (QED) is 0.829. The van der Waals surface area contributed by atoms with E-state index in [0.29, 0.717) is 37.4 Å². The number of hydrogen-bond acceptors (Lipinski definition) is 5. The molecule has 8 nitrogen and oxygen atoms in total. The van der Waals surface area contributed by atoms with Gasteiger partial charge in [-0.05, 0) is 12.5 Å². The van der Waals surface area contributed by atoms with E-state index in [1.807, 2.05) is 10.7 Å². The summed E-state index contributed by atoms with van der Waals surface area (Å²) in [6.07, 6.45) is 1.52. The van der Waals surface area contributed by atoms with Gasteiger partial charge in [-0.1, -0.05) is 0 Å². The van der Waals surface area contributed by atoms with Gasteiger partial charge in [0.2, 0.25) is 5.91 Å². The molecule has 0 aromatic carbocycles. The van der Waals surface area contributed by atoms with Crippen molar-refractivity contribution < 1.29 is 14.4 Å². The molecule has 0 radical (unpaired) electrons. The SMILES string of the molecule is O=C(CCc1cc(=O)[nH]o1)N1CCCn2nc(CO)cc2C1. The Balaban J connectivity index is 1.63. The Kier molecular flexibility index (Phi) is 4.10. The summed E-state index contributed by atoms with van der Waals surface area (Å²) in [4.78, 5) is 25.1. The Morgan fingerprint density at radius 1 is 1.41 bits per heavy atom. The number of hydrogen-bond donors (Lipinski definition) is 2. The molecular weight excluding hydrogens is 288 g/mol. The number of nitrogens with one attached hydrogen (secondary N) is 1. The van der Waals surface area contributed by atoms with Gasteiger partial charge in [0.15, 0.2) is 0 Å². The largest absolute Gasteiger partial charge is 0.390 e. The molecule has 0 saturated heterocycles. The number of rotatable bonds is 4. The summed E-state index contributed by atoms with van der Waals surface area (Å²) in [6.45, 7) is 1.81. The number of fused-ring (bicyclic) bond motifs is 1. The lowest BCUT2D eigenvalue weighted by Gasteiger charge is -2.19. The maximum atomic E-state index is 12.3. The zero-order chi connectivity index (χ0) is 15.5. The number of aliphatic hydroxyl groups is 1. The summed E-state index contributed by atoms with van der Waals surface area (Å²) in [5, 5.41) is 15.7. The van der Waals surface area contributed by atoms with Crippen LogP contribution in [0.3, 0.4) is 0 Å². The number of aromatic nitrogens is 3. The zero-order valence-electron chi connectivity index (χ0n) is 12.1. The molecule has 0 unspecified atom stereocenters. The molecule has 2 aromatic rings. The molecule has 2 N–H and O–H groups in total. The van der Waals surface area contributed by atoms with E-state index in [1.165, 1.54) is 6.07 Å². The molecule has 0 atom stereocenters.